The van der Waals surface area contributed by atoms with Crippen LogP contribution in [0, 0.1) is 0 Å². The molecule has 0 aromatic heterocycles. The Morgan fingerprint density at radius 1 is 0.789 bits per heavy atom. The molecule has 4 rings (SSSR count). The lowest BCUT2D eigenvalue weighted by molar-refractivity contribution is -0.138. The molecule has 6 heteroatoms. The van der Waals surface area contributed by atoms with Gasteiger partial charge in [-0.1, -0.05) is 0 Å². The standard InChI is InChI=1S/C13H17N3O3/c17-11-10(5-7-14(11)8-3-4-8)16-12(18)9-2-1-6-15(9)13(16)19/h8-10H,1-7H2. The number of imide groups is 1. The van der Waals surface area contributed by atoms with Crippen molar-refractivity contribution in [2.24, 2.45) is 0 Å². The molecule has 0 spiro atoms. The number of urea groups is 1. The largest absolute Gasteiger partial charge is 0.338 e. The average molecular weight is 263 g/mol. The molecule has 102 valence electrons. The van der Waals surface area contributed by atoms with E-state index in [1.165, 1.54) is 4.90 Å². The molecule has 4 fully saturated rings. The third-order valence-corrected chi connectivity index (χ3v) is 4.74. The van der Waals surface area contributed by atoms with Gasteiger partial charge in [-0.3, -0.25) is 9.59 Å². The first kappa shape index (κ1) is 11.3. The Balaban J connectivity index is 1.58. The summed E-state index contributed by atoms with van der Waals surface area (Å²) in [5, 5.41) is 0. The van der Waals surface area contributed by atoms with Crippen molar-refractivity contribution < 1.29 is 14.4 Å². The fourth-order valence-corrected chi connectivity index (χ4v) is 3.61. The van der Waals surface area contributed by atoms with Crippen LogP contribution in [0.4, 0.5) is 4.79 Å². The van der Waals surface area contributed by atoms with Gasteiger partial charge in [0.25, 0.3) is 5.91 Å². The summed E-state index contributed by atoms with van der Waals surface area (Å²) < 4.78 is 0. The average Bonchev–Trinajstić information content (AvgIpc) is 2.91. The SMILES string of the molecule is O=C1C(N2C(=O)C3CCCN3C2=O)CCN1C1CC1. The lowest BCUT2D eigenvalue weighted by Crippen LogP contribution is -2.46. The molecule has 1 saturated carbocycles. The third kappa shape index (κ3) is 1.45. The van der Waals surface area contributed by atoms with E-state index >= 15 is 0 Å². The van der Waals surface area contributed by atoms with Gasteiger partial charge >= 0.3 is 6.03 Å². The third-order valence-electron chi connectivity index (χ3n) is 4.74. The van der Waals surface area contributed by atoms with Crippen LogP contribution in [0.2, 0.25) is 0 Å². The smallest absolute Gasteiger partial charge is 0.328 e. The zero-order chi connectivity index (χ0) is 13.1. The van der Waals surface area contributed by atoms with Crippen molar-refractivity contribution >= 4 is 17.8 Å². The van der Waals surface area contributed by atoms with Crippen molar-refractivity contribution in [3.05, 3.63) is 0 Å². The number of rotatable bonds is 2. The van der Waals surface area contributed by atoms with Gasteiger partial charge in [-0.25, -0.2) is 9.69 Å². The van der Waals surface area contributed by atoms with Crippen LogP contribution in [0.25, 0.3) is 0 Å². The lowest BCUT2D eigenvalue weighted by atomic mass is 10.1. The molecule has 0 aromatic rings. The molecule has 2 unspecified atom stereocenters. The first-order valence-electron chi connectivity index (χ1n) is 7.12. The van der Waals surface area contributed by atoms with E-state index in [2.05, 4.69) is 0 Å². The molecule has 1 aliphatic carbocycles. The number of carbonyl (C=O) groups is 3. The predicted molar refractivity (Wildman–Crippen MR) is 65.1 cm³/mol. The van der Waals surface area contributed by atoms with E-state index in [0.29, 0.717) is 25.6 Å². The molecular weight excluding hydrogens is 246 g/mol. The van der Waals surface area contributed by atoms with Crippen LogP contribution in [-0.2, 0) is 9.59 Å². The second-order valence-corrected chi connectivity index (χ2v) is 5.91. The zero-order valence-electron chi connectivity index (χ0n) is 10.7. The van der Waals surface area contributed by atoms with Gasteiger partial charge in [0.1, 0.15) is 12.1 Å². The summed E-state index contributed by atoms with van der Waals surface area (Å²) in [7, 11) is 0. The molecule has 0 bridgehead atoms. The highest BCUT2D eigenvalue weighted by Gasteiger charge is 2.54. The van der Waals surface area contributed by atoms with E-state index in [1.807, 2.05) is 4.90 Å². The quantitative estimate of drug-likeness (QED) is 0.668. The van der Waals surface area contributed by atoms with E-state index < -0.39 is 6.04 Å². The van der Waals surface area contributed by atoms with Gasteiger partial charge in [-0.15, -0.1) is 0 Å². The highest BCUT2D eigenvalue weighted by Crippen LogP contribution is 2.35. The van der Waals surface area contributed by atoms with Crippen LogP contribution in [0.15, 0.2) is 0 Å². The van der Waals surface area contributed by atoms with Gasteiger partial charge in [0.2, 0.25) is 5.91 Å². The van der Waals surface area contributed by atoms with Crippen LogP contribution < -0.4 is 0 Å². The molecule has 3 heterocycles. The number of hydrogen-bond acceptors (Lipinski definition) is 3. The Labute approximate surface area is 111 Å². The van der Waals surface area contributed by atoms with Crippen molar-refractivity contribution in [2.45, 2.75) is 50.2 Å². The Kier molecular flexibility index (Phi) is 2.20. The first-order chi connectivity index (χ1) is 9.18. The Morgan fingerprint density at radius 2 is 1.58 bits per heavy atom. The van der Waals surface area contributed by atoms with Gasteiger partial charge in [-0.2, -0.15) is 0 Å². The maximum Gasteiger partial charge on any atom is 0.328 e. The van der Waals surface area contributed by atoms with Gasteiger partial charge in [0, 0.05) is 19.1 Å². The maximum absolute atomic E-state index is 12.3. The van der Waals surface area contributed by atoms with Crippen molar-refractivity contribution in [3.8, 4) is 0 Å². The number of hydrogen-bond donors (Lipinski definition) is 0. The fourth-order valence-electron chi connectivity index (χ4n) is 3.61. The number of nitrogens with zero attached hydrogens (tertiary/aromatic N) is 3. The van der Waals surface area contributed by atoms with Crippen LogP contribution in [0.5, 0.6) is 0 Å². The molecule has 3 saturated heterocycles. The highest BCUT2D eigenvalue weighted by atomic mass is 16.2. The van der Waals surface area contributed by atoms with Crippen LogP contribution in [-0.4, -0.2) is 63.8 Å². The molecule has 3 aliphatic heterocycles. The first-order valence-corrected chi connectivity index (χ1v) is 7.12. The van der Waals surface area contributed by atoms with Gasteiger partial charge in [-0.05, 0) is 32.1 Å². The van der Waals surface area contributed by atoms with Crippen molar-refractivity contribution in [1.29, 1.82) is 0 Å². The molecule has 0 N–H and O–H groups in total. The monoisotopic (exact) mass is 263 g/mol. The Bertz CT molecular complexity index is 452. The summed E-state index contributed by atoms with van der Waals surface area (Å²) in [6.45, 7) is 1.34. The minimum Gasteiger partial charge on any atom is -0.338 e. The van der Waals surface area contributed by atoms with Crippen molar-refractivity contribution in [2.75, 3.05) is 13.1 Å². The minimum atomic E-state index is -0.536. The van der Waals surface area contributed by atoms with Crippen LogP contribution in [0.3, 0.4) is 0 Å². The van der Waals surface area contributed by atoms with E-state index in [4.69, 9.17) is 0 Å². The van der Waals surface area contributed by atoms with E-state index in [0.717, 1.165) is 25.7 Å². The summed E-state index contributed by atoms with van der Waals surface area (Å²) in [6, 6.07) is -0.713. The zero-order valence-corrected chi connectivity index (χ0v) is 10.7. The number of amides is 4. The molecule has 19 heavy (non-hydrogen) atoms. The summed E-state index contributed by atoms with van der Waals surface area (Å²) in [5.74, 6) is -0.177. The summed E-state index contributed by atoms with van der Waals surface area (Å²) in [5.41, 5.74) is 0. The van der Waals surface area contributed by atoms with Crippen molar-refractivity contribution in [3.63, 3.8) is 0 Å². The second kappa shape index (κ2) is 3.71. The molecule has 6 nitrogen and oxygen atoms in total. The predicted octanol–water partition coefficient (Wildman–Crippen LogP) is 0.176. The Morgan fingerprint density at radius 3 is 2.26 bits per heavy atom. The summed E-state index contributed by atoms with van der Waals surface area (Å²) in [6.07, 6.45) is 4.37. The second-order valence-electron chi connectivity index (χ2n) is 5.91. The van der Waals surface area contributed by atoms with Gasteiger partial charge in [0.05, 0.1) is 0 Å². The van der Waals surface area contributed by atoms with E-state index in [-0.39, 0.29) is 23.9 Å². The van der Waals surface area contributed by atoms with Gasteiger partial charge in [0.15, 0.2) is 0 Å². The topological polar surface area (TPSA) is 60.9 Å². The van der Waals surface area contributed by atoms with E-state index in [1.54, 1.807) is 4.90 Å². The molecule has 4 aliphatic rings. The number of fused-ring (bicyclic) bond motifs is 1. The van der Waals surface area contributed by atoms with Crippen LogP contribution in [0.1, 0.15) is 32.1 Å². The minimum absolute atomic E-state index is 0.0228. The highest BCUT2D eigenvalue weighted by molar-refractivity contribution is 6.08. The maximum atomic E-state index is 12.3. The number of carbonyl (C=O) groups excluding carboxylic acids is 3. The number of likely N-dealkylation sites (tertiary alicyclic amines) is 1. The lowest BCUT2D eigenvalue weighted by Gasteiger charge is -2.22. The van der Waals surface area contributed by atoms with Gasteiger partial charge < -0.3 is 9.80 Å². The molecule has 4 amide bonds. The van der Waals surface area contributed by atoms with Crippen LogP contribution >= 0.6 is 0 Å². The summed E-state index contributed by atoms with van der Waals surface area (Å²) in [4.78, 5) is 41.7. The normalized spacial score (nSPS) is 34.7. The molecule has 0 radical (unpaired) electrons. The molecule has 0 aromatic carbocycles. The molecular formula is C13H17N3O3. The summed E-state index contributed by atoms with van der Waals surface area (Å²) >= 11 is 0. The van der Waals surface area contributed by atoms with Crippen molar-refractivity contribution in [1.82, 2.24) is 14.7 Å². The molecule has 2 atom stereocenters. The fraction of sp³-hybridized carbons (Fsp3) is 0.769. The van der Waals surface area contributed by atoms with E-state index in [9.17, 15) is 14.4 Å². The Hall–Kier alpha value is -1.59.